The van der Waals surface area contributed by atoms with Crippen molar-refractivity contribution in [2.45, 2.75) is 39.2 Å². The van der Waals surface area contributed by atoms with Gasteiger partial charge in [-0.3, -0.25) is 9.59 Å². The minimum atomic E-state index is -0.959. The SMILES string of the molecule is CCOC(=O)c1c(NC(=O)C(=O)NN=Cc2cc(Br)ccc2OCc2ccccc2)sc2c1CCCC2. The molecule has 0 saturated carbocycles. The number of halogens is 1. The molecular formula is C27H26BrN3O5S. The number of hydrogen-bond donors (Lipinski definition) is 2. The molecule has 0 aliphatic heterocycles. The van der Waals surface area contributed by atoms with Gasteiger partial charge in [-0.05, 0) is 61.9 Å². The molecule has 2 amide bonds. The fraction of sp³-hybridized carbons (Fsp3) is 0.259. The van der Waals surface area contributed by atoms with Gasteiger partial charge in [-0.25, -0.2) is 10.2 Å². The lowest BCUT2D eigenvalue weighted by Gasteiger charge is -2.12. The molecule has 1 heterocycles. The molecule has 192 valence electrons. The minimum absolute atomic E-state index is 0.221. The van der Waals surface area contributed by atoms with Gasteiger partial charge in [0.2, 0.25) is 0 Å². The first-order valence-corrected chi connectivity index (χ1v) is 13.5. The van der Waals surface area contributed by atoms with Crippen molar-refractivity contribution in [3.8, 4) is 5.75 Å². The van der Waals surface area contributed by atoms with Gasteiger partial charge in [0.25, 0.3) is 0 Å². The molecular weight excluding hydrogens is 558 g/mol. The largest absolute Gasteiger partial charge is 0.488 e. The highest BCUT2D eigenvalue weighted by molar-refractivity contribution is 9.10. The van der Waals surface area contributed by atoms with E-state index in [-0.39, 0.29) is 6.61 Å². The molecule has 0 unspecified atom stereocenters. The molecule has 1 aliphatic carbocycles. The fourth-order valence-electron chi connectivity index (χ4n) is 3.93. The van der Waals surface area contributed by atoms with Gasteiger partial charge in [-0.1, -0.05) is 46.3 Å². The van der Waals surface area contributed by atoms with E-state index in [1.165, 1.54) is 17.6 Å². The first kappa shape index (κ1) is 26.6. The summed E-state index contributed by atoms with van der Waals surface area (Å²) in [6.07, 6.45) is 4.97. The number of thiophene rings is 1. The Morgan fingerprint density at radius 2 is 1.86 bits per heavy atom. The number of carbonyl (C=O) groups excluding carboxylic acids is 3. The van der Waals surface area contributed by atoms with Crippen molar-refractivity contribution in [3.63, 3.8) is 0 Å². The smallest absolute Gasteiger partial charge is 0.341 e. The van der Waals surface area contributed by atoms with Crippen molar-refractivity contribution < 1.29 is 23.9 Å². The molecule has 8 nitrogen and oxygen atoms in total. The maximum atomic E-state index is 12.6. The zero-order chi connectivity index (χ0) is 26.2. The quantitative estimate of drug-likeness (QED) is 0.163. The predicted octanol–water partition coefficient (Wildman–Crippen LogP) is 5.23. The number of aryl methyl sites for hydroxylation is 1. The van der Waals surface area contributed by atoms with E-state index in [0.29, 0.717) is 28.5 Å². The number of hydrogen-bond acceptors (Lipinski definition) is 7. The van der Waals surface area contributed by atoms with E-state index in [1.807, 2.05) is 36.4 Å². The Labute approximate surface area is 227 Å². The van der Waals surface area contributed by atoms with E-state index in [1.54, 1.807) is 19.1 Å². The molecule has 0 fully saturated rings. The van der Waals surface area contributed by atoms with Gasteiger partial charge in [0.15, 0.2) is 0 Å². The molecule has 10 heteroatoms. The summed E-state index contributed by atoms with van der Waals surface area (Å²) in [5.41, 5.74) is 5.12. The second kappa shape index (κ2) is 12.6. The van der Waals surface area contributed by atoms with Crippen molar-refractivity contribution in [3.05, 3.63) is 80.1 Å². The molecule has 37 heavy (non-hydrogen) atoms. The highest BCUT2D eigenvalue weighted by atomic mass is 79.9. The van der Waals surface area contributed by atoms with Gasteiger partial charge in [0.05, 0.1) is 18.4 Å². The van der Waals surface area contributed by atoms with Crippen LogP contribution < -0.4 is 15.5 Å². The van der Waals surface area contributed by atoms with E-state index in [4.69, 9.17) is 9.47 Å². The van der Waals surface area contributed by atoms with E-state index in [2.05, 4.69) is 31.8 Å². The summed E-state index contributed by atoms with van der Waals surface area (Å²) in [6, 6.07) is 15.1. The lowest BCUT2D eigenvalue weighted by atomic mass is 9.95. The number of rotatable bonds is 8. The second-order valence-electron chi connectivity index (χ2n) is 8.25. The van der Waals surface area contributed by atoms with Crippen LogP contribution in [0.3, 0.4) is 0 Å². The highest BCUT2D eigenvalue weighted by Gasteiger charge is 2.28. The van der Waals surface area contributed by atoms with Gasteiger partial charge in [-0.15, -0.1) is 11.3 Å². The van der Waals surface area contributed by atoms with Gasteiger partial charge in [-0.2, -0.15) is 5.10 Å². The average Bonchev–Trinajstić information content (AvgIpc) is 3.26. The van der Waals surface area contributed by atoms with E-state index in [0.717, 1.165) is 46.2 Å². The number of anilines is 1. The predicted molar refractivity (Wildman–Crippen MR) is 146 cm³/mol. The minimum Gasteiger partial charge on any atom is -0.488 e. The van der Waals surface area contributed by atoms with Crippen molar-refractivity contribution in [2.24, 2.45) is 5.10 Å². The Morgan fingerprint density at radius 3 is 2.65 bits per heavy atom. The Morgan fingerprint density at radius 1 is 1.08 bits per heavy atom. The molecule has 0 radical (unpaired) electrons. The molecule has 0 saturated heterocycles. The Balaban J connectivity index is 1.42. The zero-order valence-corrected chi connectivity index (χ0v) is 22.6. The first-order chi connectivity index (χ1) is 18.0. The van der Waals surface area contributed by atoms with Gasteiger partial charge in [0, 0.05) is 14.9 Å². The van der Waals surface area contributed by atoms with Gasteiger partial charge in [0.1, 0.15) is 17.4 Å². The number of nitrogens with one attached hydrogen (secondary N) is 2. The zero-order valence-electron chi connectivity index (χ0n) is 20.2. The van der Waals surface area contributed by atoms with Crippen LogP contribution in [0, 0.1) is 0 Å². The number of esters is 1. The molecule has 2 N–H and O–H groups in total. The van der Waals surface area contributed by atoms with Crippen molar-refractivity contribution >= 4 is 56.3 Å². The highest BCUT2D eigenvalue weighted by Crippen LogP contribution is 2.38. The maximum absolute atomic E-state index is 12.6. The topological polar surface area (TPSA) is 106 Å². The number of nitrogens with zero attached hydrogens (tertiary/aromatic N) is 1. The summed E-state index contributed by atoms with van der Waals surface area (Å²) in [7, 11) is 0. The lowest BCUT2D eigenvalue weighted by Crippen LogP contribution is -2.32. The second-order valence-corrected chi connectivity index (χ2v) is 10.3. The summed E-state index contributed by atoms with van der Waals surface area (Å²) >= 11 is 4.74. The molecule has 1 aliphatic rings. The number of amides is 2. The third kappa shape index (κ3) is 6.84. The summed E-state index contributed by atoms with van der Waals surface area (Å²) in [5.74, 6) is -1.80. The standard InChI is InChI=1S/C27H26BrN3O5S/c1-2-35-27(34)23-20-10-6-7-11-22(20)37-26(23)30-24(32)25(33)31-29-15-18-14-19(28)12-13-21(18)36-16-17-8-4-3-5-9-17/h3-5,8-9,12-15H,2,6-7,10-11,16H2,1H3,(H,30,32)(H,31,33). The summed E-state index contributed by atoms with van der Waals surface area (Å²) < 4.78 is 11.9. The normalized spacial score (nSPS) is 12.6. The summed E-state index contributed by atoms with van der Waals surface area (Å²) in [6.45, 7) is 2.31. The third-order valence-corrected chi connectivity index (χ3v) is 7.36. The fourth-order valence-corrected chi connectivity index (χ4v) is 5.58. The van der Waals surface area contributed by atoms with Gasteiger partial charge < -0.3 is 14.8 Å². The Bertz CT molecular complexity index is 1320. The Hall–Kier alpha value is -3.50. The van der Waals surface area contributed by atoms with Crippen LogP contribution in [0.4, 0.5) is 5.00 Å². The van der Waals surface area contributed by atoms with Crippen LogP contribution in [0.15, 0.2) is 58.1 Å². The van der Waals surface area contributed by atoms with E-state index >= 15 is 0 Å². The van der Waals surface area contributed by atoms with Crippen LogP contribution in [-0.4, -0.2) is 30.6 Å². The molecule has 0 atom stereocenters. The molecule has 1 aromatic heterocycles. The molecule has 0 spiro atoms. The number of carbonyl (C=O) groups is 3. The number of benzene rings is 2. The average molecular weight is 584 g/mol. The monoisotopic (exact) mass is 583 g/mol. The number of hydrazone groups is 1. The first-order valence-electron chi connectivity index (χ1n) is 11.9. The molecule has 0 bridgehead atoms. The lowest BCUT2D eigenvalue weighted by molar-refractivity contribution is -0.136. The van der Waals surface area contributed by atoms with Crippen molar-refractivity contribution in [1.82, 2.24) is 5.43 Å². The van der Waals surface area contributed by atoms with Crippen LogP contribution in [0.1, 0.15) is 51.7 Å². The third-order valence-electron chi connectivity index (χ3n) is 5.66. The van der Waals surface area contributed by atoms with E-state index < -0.39 is 17.8 Å². The maximum Gasteiger partial charge on any atom is 0.341 e. The molecule has 4 rings (SSSR count). The van der Waals surface area contributed by atoms with Gasteiger partial charge >= 0.3 is 17.8 Å². The number of fused-ring (bicyclic) bond motifs is 1. The number of ether oxygens (including phenoxy) is 2. The van der Waals surface area contributed by atoms with Crippen molar-refractivity contribution in [2.75, 3.05) is 11.9 Å². The molecule has 2 aromatic carbocycles. The van der Waals surface area contributed by atoms with Crippen molar-refractivity contribution in [1.29, 1.82) is 0 Å². The van der Waals surface area contributed by atoms with E-state index in [9.17, 15) is 14.4 Å². The summed E-state index contributed by atoms with van der Waals surface area (Å²) in [4.78, 5) is 38.7. The van der Waals surface area contributed by atoms with Crippen LogP contribution in [-0.2, 0) is 33.8 Å². The molecule has 3 aromatic rings. The summed E-state index contributed by atoms with van der Waals surface area (Å²) in [5, 5.41) is 6.85. The van der Waals surface area contributed by atoms with Crippen LogP contribution in [0.25, 0.3) is 0 Å². The van der Waals surface area contributed by atoms with Crippen LogP contribution in [0.5, 0.6) is 5.75 Å². The Kier molecular flexibility index (Phi) is 9.08. The van der Waals surface area contributed by atoms with Crippen LogP contribution >= 0.6 is 27.3 Å². The van der Waals surface area contributed by atoms with Crippen LogP contribution in [0.2, 0.25) is 0 Å².